The molecule has 0 aliphatic carbocycles. The van der Waals surface area contributed by atoms with Gasteiger partial charge in [-0.25, -0.2) is 4.98 Å². The van der Waals surface area contributed by atoms with Gasteiger partial charge in [0.2, 0.25) is 0 Å². The lowest BCUT2D eigenvalue weighted by Gasteiger charge is -2.09. The summed E-state index contributed by atoms with van der Waals surface area (Å²) in [7, 11) is 0. The largest absolute Gasteiger partial charge is 0.417 e. The number of aromatic nitrogens is 3. The monoisotopic (exact) mass is 349 g/mol. The quantitative estimate of drug-likeness (QED) is 0.619. The predicted molar refractivity (Wildman–Crippen MR) is 86.2 cm³/mol. The molecule has 25 heavy (non-hydrogen) atoms. The smallest absolute Gasteiger partial charge is 0.368 e. The molecule has 6 nitrogen and oxygen atoms in total. The highest BCUT2D eigenvalue weighted by Crippen LogP contribution is 2.28. The van der Waals surface area contributed by atoms with Crippen LogP contribution in [0.4, 0.5) is 19.0 Å². The second-order valence-corrected chi connectivity index (χ2v) is 5.25. The van der Waals surface area contributed by atoms with E-state index >= 15 is 0 Å². The first-order chi connectivity index (χ1) is 11.9. The molecule has 2 heterocycles. The highest BCUT2D eigenvalue weighted by Gasteiger charge is 2.30. The maximum absolute atomic E-state index is 12.4. The standard InChI is InChI=1S/C16H14F3N5O/c17-16(18,19)11-4-5-13(22-9-11)20-6-7-21-15(25)12-3-1-2-10-8-23-24-14(10)12/h1-5,8-9H,6-7H2,(H,20,22)(H,21,25)(H,23,24). The minimum absolute atomic E-state index is 0.267. The molecule has 1 aromatic carbocycles. The first-order valence-corrected chi connectivity index (χ1v) is 7.42. The van der Waals surface area contributed by atoms with Crippen LogP contribution in [-0.2, 0) is 6.18 Å². The zero-order valence-electron chi connectivity index (χ0n) is 12.9. The van der Waals surface area contributed by atoms with E-state index in [4.69, 9.17) is 0 Å². The van der Waals surface area contributed by atoms with Crippen LogP contribution in [0.25, 0.3) is 10.9 Å². The number of hydrogen-bond acceptors (Lipinski definition) is 4. The molecule has 2 aromatic heterocycles. The number of hydrogen-bond donors (Lipinski definition) is 3. The summed E-state index contributed by atoms with van der Waals surface area (Å²) < 4.78 is 37.3. The number of H-pyrrole nitrogens is 1. The minimum atomic E-state index is -4.41. The van der Waals surface area contributed by atoms with Crippen LogP contribution in [0.15, 0.2) is 42.7 Å². The Morgan fingerprint density at radius 3 is 2.68 bits per heavy atom. The Morgan fingerprint density at radius 2 is 1.96 bits per heavy atom. The number of carbonyl (C=O) groups excluding carboxylic acids is 1. The summed E-state index contributed by atoms with van der Waals surface area (Å²) in [5, 5.41) is 13.1. The summed E-state index contributed by atoms with van der Waals surface area (Å²) in [6.45, 7) is 0.606. The third-order valence-corrected chi connectivity index (χ3v) is 3.53. The zero-order chi connectivity index (χ0) is 17.9. The van der Waals surface area contributed by atoms with Gasteiger partial charge in [-0.1, -0.05) is 12.1 Å². The molecule has 0 aliphatic rings. The van der Waals surface area contributed by atoms with Gasteiger partial charge in [-0.3, -0.25) is 9.89 Å². The molecule has 3 rings (SSSR count). The van der Waals surface area contributed by atoms with Crippen molar-refractivity contribution in [2.24, 2.45) is 0 Å². The lowest BCUT2D eigenvalue weighted by atomic mass is 10.1. The van der Waals surface area contributed by atoms with Crippen LogP contribution in [0.3, 0.4) is 0 Å². The Balaban J connectivity index is 1.51. The number of amides is 1. The van der Waals surface area contributed by atoms with E-state index in [1.807, 2.05) is 6.07 Å². The highest BCUT2D eigenvalue weighted by molar-refractivity contribution is 6.05. The van der Waals surface area contributed by atoms with Crippen molar-refractivity contribution in [2.45, 2.75) is 6.18 Å². The number of carbonyl (C=O) groups is 1. The number of halogens is 3. The van der Waals surface area contributed by atoms with Crippen LogP contribution in [0.2, 0.25) is 0 Å². The lowest BCUT2D eigenvalue weighted by Crippen LogP contribution is -2.29. The molecule has 1 amide bonds. The Labute approximate surface area is 140 Å². The molecule has 9 heteroatoms. The number of rotatable bonds is 5. The zero-order valence-corrected chi connectivity index (χ0v) is 12.9. The molecular formula is C16H14F3N5O. The van der Waals surface area contributed by atoms with Crippen LogP contribution in [0.1, 0.15) is 15.9 Å². The SMILES string of the molecule is O=C(NCCNc1ccc(C(F)(F)F)cn1)c1cccc2cn[nH]c12. The second-order valence-electron chi connectivity index (χ2n) is 5.25. The third-order valence-electron chi connectivity index (χ3n) is 3.53. The summed E-state index contributed by atoms with van der Waals surface area (Å²) >= 11 is 0. The fraction of sp³-hybridized carbons (Fsp3) is 0.188. The third kappa shape index (κ3) is 3.87. The van der Waals surface area contributed by atoms with E-state index in [0.717, 1.165) is 17.6 Å². The van der Waals surface area contributed by atoms with Crippen molar-refractivity contribution in [3.63, 3.8) is 0 Å². The van der Waals surface area contributed by atoms with Crippen molar-refractivity contribution in [1.82, 2.24) is 20.5 Å². The number of para-hydroxylation sites is 1. The Kier molecular flexibility index (Phi) is 4.55. The van der Waals surface area contributed by atoms with Gasteiger partial charge in [0, 0.05) is 24.7 Å². The number of pyridine rings is 1. The van der Waals surface area contributed by atoms with Gasteiger partial charge in [0.05, 0.1) is 22.8 Å². The second kappa shape index (κ2) is 6.80. The summed E-state index contributed by atoms with van der Waals surface area (Å²) in [4.78, 5) is 15.9. The van der Waals surface area contributed by atoms with Gasteiger partial charge in [0.15, 0.2) is 0 Å². The van der Waals surface area contributed by atoms with Crippen molar-refractivity contribution in [1.29, 1.82) is 0 Å². The number of nitrogens with zero attached hydrogens (tertiary/aromatic N) is 2. The topological polar surface area (TPSA) is 82.7 Å². The number of aromatic amines is 1. The predicted octanol–water partition coefficient (Wildman–Crippen LogP) is 2.82. The molecule has 0 spiro atoms. The van der Waals surface area contributed by atoms with E-state index in [-0.39, 0.29) is 12.5 Å². The van der Waals surface area contributed by atoms with Gasteiger partial charge < -0.3 is 10.6 Å². The fourth-order valence-electron chi connectivity index (χ4n) is 2.29. The fourth-order valence-corrected chi connectivity index (χ4v) is 2.29. The van der Waals surface area contributed by atoms with E-state index in [2.05, 4.69) is 25.8 Å². The molecule has 0 fully saturated rings. The van der Waals surface area contributed by atoms with Crippen molar-refractivity contribution >= 4 is 22.6 Å². The van der Waals surface area contributed by atoms with E-state index in [1.165, 1.54) is 6.07 Å². The number of anilines is 1. The van der Waals surface area contributed by atoms with Crippen LogP contribution in [0.5, 0.6) is 0 Å². The van der Waals surface area contributed by atoms with E-state index < -0.39 is 11.7 Å². The van der Waals surface area contributed by atoms with Crippen LogP contribution < -0.4 is 10.6 Å². The molecule has 0 atom stereocenters. The van der Waals surface area contributed by atoms with Gasteiger partial charge >= 0.3 is 6.18 Å². The van der Waals surface area contributed by atoms with E-state index in [9.17, 15) is 18.0 Å². The summed E-state index contributed by atoms with van der Waals surface area (Å²) in [5.41, 5.74) is 0.319. The molecule has 3 N–H and O–H groups in total. The maximum Gasteiger partial charge on any atom is 0.417 e. The molecule has 0 saturated carbocycles. The number of alkyl halides is 3. The van der Waals surface area contributed by atoms with Crippen molar-refractivity contribution in [3.05, 3.63) is 53.9 Å². The molecule has 0 saturated heterocycles. The van der Waals surface area contributed by atoms with Crippen molar-refractivity contribution in [2.75, 3.05) is 18.4 Å². The summed E-state index contributed by atoms with van der Waals surface area (Å²) in [6, 6.07) is 7.48. The van der Waals surface area contributed by atoms with E-state index in [0.29, 0.717) is 23.4 Å². The summed E-state index contributed by atoms with van der Waals surface area (Å²) in [6.07, 6.45) is -2.02. The molecule has 0 bridgehead atoms. The first-order valence-electron chi connectivity index (χ1n) is 7.42. The molecule has 0 aliphatic heterocycles. The van der Waals surface area contributed by atoms with Crippen LogP contribution in [-0.4, -0.2) is 34.2 Å². The highest BCUT2D eigenvalue weighted by atomic mass is 19.4. The number of benzene rings is 1. The van der Waals surface area contributed by atoms with Gasteiger partial charge in [-0.05, 0) is 18.2 Å². The normalized spacial score (nSPS) is 11.5. The van der Waals surface area contributed by atoms with Crippen LogP contribution in [0, 0.1) is 0 Å². The Morgan fingerprint density at radius 1 is 1.12 bits per heavy atom. The Bertz CT molecular complexity index is 873. The van der Waals surface area contributed by atoms with E-state index in [1.54, 1.807) is 18.3 Å². The number of fused-ring (bicyclic) bond motifs is 1. The average Bonchev–Trinajstić information content (AvgIpc) is 3.06. The average molecular weight is 349 g/mol. The Hall–Kier alpha value is -3.10. The molecule has 3 aromatic rings. The first kappa shape index (κ1) is 16.7. The van der Waals surface area contributed by atoms with Crippen molar-refractivity contribution < 1.29 is 18.0 Å². The molecular weight excluding hydrogens is 335 g/mol. The van der Waals surface area contributed by atoms with Gasteiger partial charge in [-0.2, -0.15) is 18.3 Å². The van der Waals surface area contributed by atoms with Gasteiger partial charge in [0.25, 0.3) is 5.91 Å². The van der Waals surface area contributed by atoms with Crippen molar-refractivity contribution in [3.8, 4) is 0 Å². The lowest BCUT2D eigenvalue weighted by molar-refractivity contribution is -0.137. The van der Waals surface area contributed by atoms with Gasteiger partial charge in [-0.15, -0.1) is 0 Å². The number of nitrogens with one attached hydrogen (secondary N) is 3. The maximum atomic E-state index is 12.4. The van der Waals surface area contributed by atoms with Gasteiger partial charge in [0.1, 0.15) is 5.82 Å². The summed E-state index contributed by atoms with van der Waals surface area (Å²) in [5.74, 6) is 0.0370. The molecule has 0 radical (unpaired) electrons. The molecule has 130 valence electrons. The van der Waals surface area contributed by atoms with Crippen LogP contribution >= 0.6 is 0 Å². The molecule has 0 unspecified atom stereocenters. The minimum Gasteiger partial charge on any atom is -0.368 e.